The van der Waals surface area contributed by atoms with Crippen LogP contribution in [0.3, 0.4) is 0 Å². The maximum atomic E-state index is 15.6. The molecule has 1 saturated heterocycles. The van der Waals surface area contributed by atoms with E-state index in [0.29, 0.717) is 17.9 Å². The molecule has 0 bridgehead atoms. The van der Waals surface area contributed by atoms with Crippen molar-refractivity contribution in [3.8, 4) is 5.75 Å². The number of ether oxygens (including phenoxy) is 2. The van der Waals surface area contributed by atoms with Crippen molar-refractivity contribution >= 4 is 31.0 Å². The molecule has 278 valence electrons. The molecule has 51 heavy (non-hydrogen) atoms. The van der Waals surface area contributed by atoms with E-state index in [4.69, 9.17) is 18.5 Å². The molecule has 16 heteroatoms. The summed E-state index contributed by atoms with van der Waals surface area (Å²) in [5, 5.41) is 32.4. The highest BCUT2D eigenvalue weighted by Crippen LogP contribution is 2.66. The maximum absolute atomic E-state index is 15.6. The zero-order chi connectivity index (χ0) is 36.4. The summed E-state index contributed by atoms with van der Waals surface area (Å²) in [6.07, 6.45) is 3.49. The second kappa shape index (κ2) is 15.3. The molecule has 7 atom stereocenters. The third-order valence-electron chi connectivity index (χ3n) is 10.4. The van der Waals surface area contributed by atoms with Crippen LogP contribution >= 0.6 is 7.75 Å². The molecule has 3 aromatic rings. The molecule has 1 aromatic carbocycles. The number of carbonyl (C=O) groups excluding carboxylic acids is 2. The number of benzene rings is 1. The van der Waals surface area contributed by atoms with Crippen molar-refractivity contribution in [2.45, 2.75) is 108 Å². The largest absolute Gasteiger partial charge is 0.464 e. The SMILES string of the molecule is CCC(CC)COC(=O)[C@H](C)N[P@](=O)(OC[C@@]12O[C@@H](c3ccc4c(NC(=O)CC5CCCCC5)ncnn34)[C@H](O)[C@@]1(O)C2F)Oc1ccccc1. The van der Waals surface area contributed by atoms with E-state index in [2.05, 4.69) is 20.5 Å². The van der Waals surface area contributed by atoms with Crippen LogP contribution in [-0.4, -0.2) is 79.4 Å². The molecule has 3 fully saturated rings. The highest BCUT2D eigenvalue weighted by atomic mass is 31.2. The van der Waals surface area contributed by atoms with Gasteiger partial charge in [-0.15, -0.1) is 0 Å². The Morgan fingerprint density at radius 3 is 2.57 bits per heavy atom. The number of hydrogen-bond donors (Lipinski definition) is 4. The van der Waals surface area contributed by atoms with Gasteiger partial charge in [0.15, 0.2) is 23.2 Å². The number of halogens is 1. The molecule has 3 aliphatic rings. The fourth-order valence-electron chi connectivity index (χ4n) is 7.12. The molecule has 1 amide bonds. The van der Waals surface area contributed by atoms with Crippen LogP contribution in [0, 0.1) is 11.8 Å². The van der Waals surface area contributed by atoms with Gasteiger partial charge >= 0.3 is 13.7 Å². The van der Waals surface area contributed by atoms with E-state index in [1.807, 2.05) is 13.8 Å². The summed E-state index contributed by atoms with van der Waals surface area (Å²) in [5.41, 5.74) is -3.90. The van der Waals surface area contributed by atoms with Gasteiger partial charge in [0, 0.05) is 6.42 Å². The average Bonchev–Trinajstić information content (AvgIpc) is 3.38. The molecule has 2 aromatic heterocycles. The summed E-state index contributed by atoms with van der Waals surface area (Å²) in [6.45, 7) is 4.78. The van der Waals surface area contributed by atoms with E-state index in [1.165, 1.54) is 36.3 Å². The number of aliphatic hydroxyl groups is 2. The molecule has 3 heterocycles. The Morgan fingerprint density at radius 2 is 1.86 bits per heavy atom. The number of hydrogen-bond acceptors (Lipinski definition) is 11. The number of rotatable bonds is 16. The Hall–Kier alpha value is -3.46. The van der Waals surface area contributed by atoms with Gasteiger partial charge in [-0.3, -0.25) is 14.1 Å². The highest BCUT2D eigenvalue weighted by Gasteiger charge is 2.89. The fraction of sp³-hybridized carbons (Fsp3) is 0.600. The summed E-state index contributed by atoms with van der Waals surface area (Å²) in [7, 11) is -4.47. The molecule has 4 N–H and O–H groups in total. The standard InChI is InChI=1S/C35H47FN5O9P/c1-4-23(5-2)19-47-32(44)22(3)40-51(46,50-25-14-10-7-11-15-25)48-20-34-33(36)35(34,45)30(43)29(49-34)26-16-17-27-31(37-21-38-41(26)27)39-28(42)18-24-12-8-6-9-13-24/h7,10-11,14-17,21-24,29-30,33,43,45H,4-6,8-9,12-13,18-20H2,1-3H3,(H,40,46)(H,37,38,39,42)/t22-,29-,30-,33?,34-,35+,51-/m0/s1. The van der Waals surface area contributed by atoms with E-state index in [9.17, 15) is 24.4 Å². The maximum Gasteiger partial charge on any atom is 0.459 e. The van der Waals surface area contributed by atoms with Crippen LogP contribution in [0.4, 0.5) is 10.2 Å². The minimum atomic E-state index is -4.47. The third kappa shape index (κ3) is 7.42. The third-order valence-corrected chi connectivity index (χ3v) is 12.1. The lowest BCUT2D eigenvalue weighted by molar-refractivity contribution is -0.146. The molecule has 2 aliphatic carbocycles. The van der Waals surface area contributed by atoms with Crippen molar-refractivity contribution in [3.05, 3.63) is 54.5 Å². The monoisotopic (exact) mass is 731 g/mol. The number of carbonyl (C=O) groups is 2. The van der Waals surface area contributed by atoms with Gasteiger partial charge in [0.05, 0.1) is 18.9 Å². The molecule has 6 rings (SSSR count). The van der Waals surface area contributed by atoms with E-state index in [0.717, 1.165) is 38.5 Å². The Morgan fingerprint density at radius 1 is 1.14 bits per heavy atom. The van der Waals surface area contributed by atoms with Crippen molar-refractivity contribution in [2.24, 2.45) is 11.8 Å². The second-order valence-corrected chi connectivity index (χ2v) is 15.5. The van der Waals surface area contributed by atoms with Gasteiger partial charge in [-0.05, 0) is 55.9 Å². The molecule has 2 saturated carbocycles. The Balaban J connectivity index is 1.18. The smallest absolute Gasteiger partial charge is 0.459 e. The number of fused-ring (bicyclic) bond motifs is 2. The van der Waals surface area contributed by atoms with Crippen LogP contribution in [0.1, 0.15) is 83.9 Å². The van der Waals surface area contributed by atoms with Crippen molar-refractivity contribution in [3.63, 3.8) is 0 Å². The topological polar surface area (TPSA) is 183 Å². The number of amides is 1. The van der Waals surface area contributed by atoms with Crippen LogP contribution < -0.4 is 14.9 Å². The quantitative estimate of drug-likeness (QED) is 0.114. The van der Waals surface area contributed by atoms with Crippen LogP contribution in [-0.2, 0) is 28.2 Å². The van der Waals surface area contributed by atoms with Gasteiger partial charge in [0.2, 0.25) is 5.91 Å². The summed E-state index contributed by atoms with van der Waals surface area (Å²) in [5.74, 6) is 0.0212. The molecular formula is C35H47FN5O9P. The number of nitrogens with one attached hydrogen (secondary N) is 2. The van der Waals surface area contributed by atoms with E-state index in [-0.39, 0.29) is 35.7 Å². The number of nitrogens with zero attached hydrogens (tertiary/aromatic N) is 3. The van der Waals surface area contributed by atoms with Gasteiger partial charge in [-0.1, -0.05) is 64.2 Å². The molecule has 0 spiro atoms. The predicted octanol–water partition coefficient (Wildman–Crippen LogP) is 5.05. The van der Waals surface area contributed by atoms with E-state index in [1.54, 1.807) is 30.3 Å². The number of alkyl halides is 1. The van der Waals surface area contributed by atoms with Gasteiger partial charge in [-0.2, -0.15) is 10.2 Å². The average molecular weight is 732 g/mol. The molecule has 1 unspecified atom stereocenters. The summed E-state index contributed by atoms with van der Waals surface area (Å²) < 4.78 is 54.0. The first-order valence-electron chi connectivity index (χ1n) is 17.7. The summed E-state index contributed by atoms with van der Waals surface area (Å²) in [6, 6.07) is 10.1. The molecule has 14 nitrogen and oxygen atoms in total. The van der Waals surface area contributed by atoms with Crippen LogP contribution in [0.5, 0.6) is 5.75 Å². The first kappa shape index (κ1) is 37.3. The lowest BCUT2D eigenvalue weighted by atomic mass is 9.87. The van der Waals surface area contributed by atoms with Crippen LogP contribution in [0.2, 0.25) is 0 Å². The normalized spacial score (nSPS) is 27.9. The number of aliphatic hydroxyl groups excluding tert-OH is 1. The van der Waals surface area contributed by atoms with Gasteiger partial charge in [0.25, 0.3) is 0 Å². The minimum absolute atomic E-state index is 0.137. The van der Waals surface area contributed by atoms with Crippen molar-refractivity contribution < 1.29 is 47.3 Å². The zero-order valence-electron chi connectivity index (χ0n) is 29.1. The lowest BCUT2D eigenvalue weighted by Crippen LogP contribution is -2.37. The summed E-state index contributed by atoms with van der Waals surface area (Å²) in [4.78, 5) is 29.9. The Bertz CT molecular complexity index is 1740. The van der Waals surface area contributed by atoms with Gasteiger partial charge in [-0.25, -0.2) is 18.5 Å². The van der Waals surface area contributed by atoms with Gasteiger partial charge in [0.1, 0.15) is 35.8 Å². The predicted molar refractivity (Wildman–Crippen MR) is 183 cm³/mol. The van der Waals surface area contributed by atoms with E-state index < -0.39 is 55.9 Å². The zero-order valence-corrected chi connectivity index (χ0v) is 30.0. The summed E-state index contributed by atoms with van der Waals surface area (Å²) >= 11 is 0. The lowest BCUT2D eigenvalue weighted by Gasteiger charge is -2.25. The molecule has 1 aliphatic heterocycles. The molecule has 0 radical (unpaired) electrons. The first-order chi connectivity index (χ1) is 24.4. The molecular weight excluding hydrogens is 684 g/mol. The fourth-order valence-corrected chi connectivity index (χ4v) is 8.64. The van der Waals surface area contributed by atoms with Crippen molar-refractivity contribution in [2.75, 3.05) is 18.5 Å². The van der Waals surface area contributed by atoms with Crippen molar-refractivity contribution in [1.82, 2.24) is 19.7 Å². The van der Waals surface area contributed by atoms with Crippen molar-refractivity contribution in [1.29, 1.82) is 0 Å². The second-order valence-electron chi connectivity index (χ2n) is 13.8. The number of anilines is 1. The Kier molecular flexibility index (Phi) is 11.2. The number of aromatic nitrogens is 3. The van der Waals surface area contributed by atoms with E-state index >= 15 is 4.39 Å². The first-order valence-corrected chi connectivity index (χ1v) is 19.3. The number of esters is 1. The van der Waals surface area contributed by atoms with Crippen LogP contribution in [0.15, 0.2) is 48.8 Å². The van der Waals surface area contributed by atoms with Crippen LogP contribution in [0.25, 0.3) is 5.52 Å². The Labute approximate surface area is 296 Å². The number of para-hydroxylation sites is 1. The minimum Gasteiger partial charge on any atom is -0.464 e. The van der Waals surface area contributed by atoms with Gasteiger partial charge < -0.3 is 29.5 Å². The highest BCUT2D eigenvalue weighted by molar-refractivity contribution is 7.52.